The first-order valence-corrected chi connectivity index (χ1v) is 7.30. The molecule has 0 aliphatic heterocycles. The Morgan fingerprint density at radius 1 is 1.61 bits per heavy atom. The topological polar surface area (TPSA) is 43.1 Å². The van der Waals surface area contributed by atoms with Crippen molar-refractivity contribution in [2.75, 3.05) is 0 Å². The minimum Gasteiger partial charge on any atom is -0.370 e. The number of carbonyl (C=O) groups excluding carboxylic acids is 1. The molecule has 0 bridgehead atoms. The molecule has 0 saturated heterocycles. The maximum absolute atomic E-state index is 13.5. The summed E-state index contributed by atoms with van der Waals surface area (Å²) < 4.78 is 14.1. The second-order valence-electron chi connectivity index (χ2n) is 5.16. The van der Waals surface area contributed by atoms with Crippen LogP contribution in [0.25, 0.3) is 0 Å². The van der Waals surface area contributed by atoms with E-state index in [0.717, 1.165) is 18.4 Å². The molecule has 0 radical (unpaired) electrons. The molecule has 1 aliphatic rings. The second-order valence-corrected chi connectivity index (χ2v) is 6.32. The van der Waals surface area contributed by atoms with Crippen LogP contribution in [0, 0.1) is 21.2 Å². The fourth-order valence-corrected chi connectivity index (χ4v) is 2.89. The lowest BCUT2D eigenvalue weighted by molar-refractivity contribution is -0.118. The first kappa shape index (κ1) is 13.8. The predicted molar refractivity (Wildman–Crippen MR) is 77.6 cm³/mol. The molecule has 18 heavy (non-hydrogen) atoms. The van der Waals surface area contributed by atoms with Gasteiger partial charge in [-0.2, -0.15) is 0 Å². The van der Waals surface area contributed by atoms with E-state index in [1.54, 1.807) is 6.07 Å². The van der Waals surface area contributed by atoms with Crippen molar-refractivity contribution in [3.05, 3.63) is 33.1 Å². The number of amides is 1. The third kappa shape index (κ3) is 3.22. The van der Waals surface area contributed by atoms with Crippen LogP contribution >= 0.6 is 22.6 Å². The Labute approximate surface area is 120 Å². The van der Waals surface area contributed by atoms with Gasteiger partial charge in [-0.15, -0.1) is 0 Å². The third-order valence-corrected chi connectivity index (χ3v) is 4.66. The Morgan fingerprint density at radius 2 is 2.33 bits per heavy atom. The molecule has 2 N–H and O–H groups in total. The molecule has 1 fully saturated rings. The van der Waals surface area contributed by atoms with Gasteiger partial charge in [0.2, 0.25) is 5.91 Å². The van der Waals surface area contributed by atoms with Crippen molar-refractivity contribution >= 4 is 28.5 Å². The molecule has 1 aromatic carbocycles. The van der Waals surface area contributed by atoms with E-state index in [4.69, 9.17) is 5.73 Å². The van der Waals surface area contributed by atoms with Crippen molar-refractivity contribution in [2.24, 2.45) is 17.6 Å². The second kappa shape index (κ2) is 5.55. The maximum Gasteiger partial charge on any atom is 0.217 e. The Morgan fingerprint density at radius 3 is 2.94 bits per heavy atom. The van der Waals surface area contributed by atoms with Gasteiger partial charge < -0.3 is 5.73 Å². The summed E-state index contributed by atoms with van der Waals surface area (Å²) in [5.41, 5.74) is 6.24. The van der Waals surface area contributed by atoms with Crippen molar-refractivity contribution in [3.63, 3.8) is 0 Å². The molecular weight excluding hydrogens is 344 g/mol. The normalized spacial score (nSPS) is 23.7. The number of rotatable bonds is 5. The van der Waals surface area contributed by atoms with Crippen LogP contribution in [0.15, 0.2) is 18.2 Å². The number of halogens is 2. The minimum atomic E-state index is -0.237. The molecule has 0 aromatic heterocycles. The van der Waals surface area contributed by atoms with Crippen molar-refractivity contribution in [2.45, 2.75) is 32.1 Å². The highest BCUT2D eigenvalue weighted by atomic mass is 127. The van der Waals surface area contributed by atoms with E-state index in [1.165, 1.54) is 0 Å². The molecule has 1 amide bonds. The van der Waals surface area contributed by atoms with Crippen LogP contribution in [-0.4, -0.2) is 5.91 Å². The molecule has 1 aromatic rings. The standard InChI is InChI=1S/C14H17FINO/c1-8(2-5-14(17)18)10-7-11(10)9-3-4-13(16)12(15)6-9/h3-4,6,8,10-11H,2,5,7H2,1H3,(H2,17,18). The van der Waals surface area contributed by atoms with Crippen molar-refractivity contribution in [3.8, 4) is 0 Å². The summed E-state index contributed by atoms with van der Waals surface area (Å²) in [6.45, 7) is 2.15. The van der Waals surface area contributed by atoms with E-state index in [9.17, 15) is 9.18 Å². The molecular formula is C14H17FINO. The van der Waals surface area contributed by atoms with Crippen molar-refractivity contribution in [1.29, 1.82) is 0 Å². The zero-order chi connectivity index (χ0) is 13.3. The van der Waals surface area contributed by atoms with Gasteiger partial charge in [0.25, 0.3) is 0 Å². The minimum absolute atomic E-state index is 0.136. The summed E-state index contributed by atoms with van der Waals surface area (Å²) in [5.74, 6) is 1.14. The average molecular weight is 361 g/mol. The van der Waals surface area contributed by atoms with Gasteiger partial charge in [0.1, 0.15) is 5.82 Å². The molecule has 98 valence electrons. The molecule has 1 saturated carbocycles. The van der Waals surface area contributed by atoms with Gasteiger partial charge in [-0.1, -0.05) is 13.0 Å². The average Bonchev–Trinajstić information content (AvgIpc) is 3.09. The lowest BCUT2D eigenvalue weighted by Crippen LogP contribution is -2.12. The summed E-state index contributed by atoms with van der Waals surface area (Å²) in [7, 11) is 0. The monoisotopic (exact) mass is 361 g/mol. The maximum atomic E-state index is 13.5. The van der Waals surface area contributed by atoms with Crippen LogP contribution in [0.3, 0.4) is 0 Å². The van der Waals surface area contributed by atoms with Crippen molar-refractivity contribution < 1.29 is 9.18 Å². The number of carbonyl (C=O) groups is 1. The highest BCUT2D eigenvalue weighted by Gasteiger charge is 2.41. The lowest BCUT2D eigenvalue weighted by Gasteiger charge is -2.10. The van der Waals surface area contributed by atoms with Crippen LogP contribution in [0.1, 0.15) is 37.7 Å². The largest absolute Gasteiger partial charge is 0.370 e. The third-order valence-electron chi connectivity index (χ3n) is 3.79. The van der Waals surface area contributed by atoms with E-state index < -0.39 is 0 Å². The molecule has 0 spiro atoms. The molecule has 2 rings (SSSR count). The Bertz CT molecular complexity index is 463. The zero-order valence-corrected chi connectivity index (χ0v) is 12.5. The SMILES string of the molecule is CC(CCC(N)=O)C1CC1c1ccc(I)c(F)c1. The molecule has 3 unspecified atom stereocenters. The zero-order valence-electron chi connectivity index (χ0n) is 10.3. The Balaban J connectivity index is 1.93. The van der Waals surface area contributed by atoms with Gasteiger partial charge in [0.15, 0.2) is 0 Å². The summed E-state index contributed by atoms with van der Waals surface area (Å²) >= 11 is 2.00. The number of hydrogen-bond acceptors (Lipinski definition) is 1. The van der Waals surface area contributed by atoms with Crippen LogP contribution in [0.2, 0.25) is 0 Å². The molecule has 3 atom stereocenters. The summed E-state index contributed by atoms with van der Waals surface area (Å²) in [6, 6.07) is 5.48. The quantitative estimate of drug-likeness (QED) is 0.803. The molecule has 2 nitrogen and oxygen atoms in total. The number of hydrogen-bond donors (Lipinski definition) is 1. The lowest BCUT2D eigenvalue weighted by atomic mass is 9.96. The van der Waals surface area contributed by atoms with Crippen molar-refractivity contribution in [1.82, 2.24) is 0 Å². The van der Waals surface area contributed by atoms with Gasteiger partial charge >= 0.3 is 0 Å². The van der Waals surface area contributed by atoms with Gasteiger partial charge in [-0.05, 0) is 70.9 Å². The highest BCUT2D eigenvalue weighted by Crippen LogP contribution is 2.53. The fourth-order valence-electron chi connectivity index (χ4n) is 2.55. The van der Waals surface area contributed by atoms with Gasteiger partial charge in [0, 0.05) is 9.99 Å². The van der Waals surface area contributed by atoms with Crippen LogP contribution in [0.5, 0.6) is 0 Å². The summed E-state index contributed by atoms with van der Waals surface area (Å²) in [5, 5.41) is 0. The van der Waals surface area contributed by atoms with E-state index >= 15 is 0 Å². The van der Waals surface area contributed by atoms with Crippen LogP contribution in [0.4, 0.5) is 4.39 Å². The molecule has 0 heterocycles. The predicted octanol–water partition coefficient (Wildman–Crippen LogP) is 3.44. The van der Waals surface area contributed by atoms with Gasteiger partial charge in [0.05, 0.1) is 0 Å². The Hall–Kier alpha value is -0.650. The van der Waals surface area contributed by atoms with E-state index in [2.05, 4.69) is 6.92 Å². The molecule has 1 aliphatic carbocycles. The summed E-state index contributed by atoms with van der Waals surface area (Å²) in [4.78, 5) is 10.8. The number of benzene rings is 1. The molecule has 4 heteroatoms. The number of primary amides is 1. The first-order valence-electron chi connectivity index (χ1n) is 6.22. The number of nitrogens with two attached hydrogens (primary N) is 1. The van der Waals surface area contributed by atoms with Crippen LogP contribution in [-0.2, 0) is 4.79 Å². The highest BCUT2D eigenvalue weighted by molar-refractivity contribution is 14.1. The smallest absolute Gasteiger partial charge is 0.217 e. The Kier molecular flexibility index (Phi) is 4.25. The summed E-state index contributed by atoms with van der Waals surface area (Å²) in [6.07, 6.45) is 2.38. The van der Waals surface area contributed by atoms with E-state index in [-0.39, 0.29) is 11.7 Å². The van der Waals surface area contributed by atoms with Gasteiger partial charge in [-0.3, -0.25) is 4.79 Å². The van der Waals surface area contributed by atoms with Crippen LogP contribution < -0.4 is 5.73 Å². The van der Waals surface area contributed by atoms with E-state index in [1.807, 2.05) is 34.7 Å². The van der Waals surface area contributed by atoms with E-state index in [0.29, 0.717) is 27.7 Å². The van der Waals surface area contributed by atoms with Gasteiger partial charge in [-0.25, -0.2) is 4.39 Å². The fraction of sp³-hybridized carbons (Fsp3) is 0.500. The first-order chi connectivity index (χ1) is 8.49.